The predicted molar refractivity (Wildman–Crippen MR) is 126 cm³/mol. The van der Waals surface area contributed by atoms with Crippen molar-refractivity contribution < 1.29 is 19.2 Å². The van der Waals surface area contributed by atoms with E-state index in [0.717, 1.165) is 61.7 Å². The van der Waals surface area contributed by atoms with Gasteiger partial charge in [-0.2, -0.15) is 0 Å². The number of anilines is 2. The van der Waals surface area contributed by atoms with Crippen molar-refractivity contribution in [2.24, 2.45) is 0 Å². The zero-order valence-corrected chi connectivity index (χ0v) is 18.6. The Morgan fingerprint density at radius 3 is 2.58 bits per heavy atom. The van der Waals surface area contributed by atoms with Gasteiger partial charge in [-0.05, 0) is 42.7 Å². The van der Waals surface area contributed by atoms with Crippen LogP contribution in [0.5, 0.6) is 0 Å². The summed E-state index contributed by atoms with van der Waals surface area (Å²) < 4.78 is 10.8. The minimum atomic E-state index is -0.394. The molecule has 8 heteroatoms. The van der Waals surface area contributed by atoms with Crippen LogP contribution in [0.15, 0.2) is 47.0 Å². The quantitative estimate of drug-likeness (QED) is 0.414. The van der Waals surface area contributed by atoms with Gasteiger partial charge in [0.05, 0.1) is 29.5 Å². The highest BCUT2D eigenvalue weighted by Crippen LogP contribution is 2.44. The number of amides is 1. The molecule has 6 rings (SSSR count). The van der Waals surface area contributed by atoms with Crippen LogP contribution in [-0.2, 0) is 9.53 Å². The Kier molecular flexibility index (Phi) is 4.89. The first-order valence-corrected chi connectivity index (χ1v) is 11.4. The molecule has 3 aromatic rings. The van der Waals surface area contributed by atoms with Crippen LogP contribution < -0.4 is 10.2 Å². The van der Waals surface area contributed by atoms with Gasteiger partial charge in [0.15, 0.2) is 5.76 Å². The molecule has 3 heterocycles. The topological polar surface area (TPSA) is 87.8 Å². The summed E-state index contributed by atoms with van der Waals surface area (Å²) in [6.45, 7) is 3.19. The molecule has 3 aliphatic rings. The van der Waals surface area contributed by atoms with Crippen molar-refractivity contribution >= 4 is 40.2 Å². The average Bonchev–Trinajstić information content (AvgIpc) is 3.48. The fraction of sp³-hybridized carbons (Fsp3) is 0.280. The molecule has 0 bridgehead atoms. The fourth-order valence-corrected chi connectivity index (χ4v) is 4.68. The molecule has 0 atom stereocenters. The Morgan fingerprint density at radius 2 is 1.85 bits per heavy atom. The summed E-state index contributed by atoms with van der Waals surface area (Å²) in [7, 11) is 0. The van der Waals surface area contributed by atoms with Gasteiger partial charge in [-0.25, -0.2) is 0 Å². The van der Waals surface area contributed by atoms with Crippen LogP contribution in [0.1, 0.15) is 35.8 Å². The average molecular weight is 464 g/mol. The number of fused-ring (bicyclic) bond motifs is 1. The van der Waals surface area contributed by atoms with E-state index in [-0.39, 0.29) is 17.0 Å². The number of nitrogens with zero attached hydrogens (tertiary/aromatic N) is 2. The number of benzene rings is 2. The van der Waals surface area contributed by atoms with Gasteiger partial charge in [-0.3, -0.25) is 4.79 Å². The van der Waals surface area contributed by atoms with Crippen LogP contribution in [0.2, 0.25) is 5.02 Å². The second kappa shape index (κ2) is 7.93. The summed E-state index contributed by atoms with van der Waals surface area (Å²) in [6, 6.07) is 13.4. The van der Waals surface area contributed by atoms with Gasteiger partial charge in [-0.1, -0.05) is 28.9 Å². The number of aliphatic hydroxyl groups is 1. The van der Waals surface area contributed by atoms with Crippen molar-refractivity contribution in [1.82, 2.24) is 5.16 Å². The smallest absolute Gasteiger partial charge is 0.260 e. The van der Waals surface area contributed by atoms with Gasteiger partial charge in [-0.15, -0.1) is 0 Å². The zero-order chi connectivity index (χ0) is 22.5. The second-order valence-corrected chi connectivity index (χ2v) is 9.00. The normalized spacial score (nSPS) is 19.4. The van der Waals surface area contributed by atoms with Crippen LogP contribution in [0.4, 0.5) is 11.4 Å². The fourth-order valence-electron chi connectivity index (χ4n) is 4.41. The number of carbonyl (C=O) groups excluding carboxylic acids is 1. The van der Waals surface area contributed by atoms with Gasteiger partial charge in [0.1, 0.15) is 11.5 Å². The number of nitrogens with one attached hydrogen (secondary N) is 1. The van der Waals surface area contributed by atoms with Crippen LogP contribution in [0.25, 0.3) is 22.5 Å². The number of ether oxygens (including phenoxy) is 1. The van der Waals surface area contributed by atoms with Crippen molar-refractivity contribution in [1.29, 1.82) is 0 Å². The summed E-state index contributed by atoms with van der Waals surface area (Å²) in [4.78, 5) is 15.0. The summed E-state index contributed by atoms with van der Waals surface area (Å²) in [5.74, 6) is 0.514. The van der Waals surface area contributed by atoms with E-state index in [0.29, 0.717) is 22.2 Å². The van der Waals surface area contributed by atoms with E-state index in [2.05, 4.69) is 27.5 Å². The van der Waals surface area contributed by atoms with Gasteiger partial charge in [0, 0.05) is 41.9 Å². The number of carbonyl (C=O) groups is 1. The Bertz CT molecular complexity index is 1270. The molecule has 2 aliphatic heterocycles. The number of morpholine rings is 1. The summed E-state index contributed by atoms with van der Waals surface area (Å²) in [5.41, 5.74) is 4.42. The molecule has 1 aliphatic carbocycles. The van der Waals surface area contributed by atoms with Crippen molar-refractivity contribution in [3.63, 3.8) is 0 Å². The number of hydrogen-bond acceptors (Lipinski definition) is 6. The van der Waals surface area contributed by atoms with E-state index in [1.54, 1.807) is 12.1 Å². The molecule has 33 heavy (non-hydrogen) atoms. The molecular formula is C25H22ClN3O4. The van der Waals surface area contributed by atoms with Crippen LogP contribution in [0, 0.1) is 0 Å². The number of rotatable bonds is 4. The minimum absolute atomic E-state index is 0.170. The molecule has 1 aromatic heterocycles. The van der Waals surface area contributed by atoms with E-state index >= 15 is 0 Å². The summed E-state index contributed by atoms with van der Waals surface area (Å²) >= 11 is 6.58. The highest BCUT2D eigenvalue weighted by Gasteiger charge is 2.33. The zero-order valence-electron chi connectivity index (χ0n) is 17.8. The molecule has 0 radical (unpaired) electrons. The Hall–Kier alpha value is -3.29. The third-order valence-corrected chi connectivity index (χ3v) is 6.71. The highest BCUT2D eigenvalue weighted by atomic mass is 35.5. The first-order valence-electron chi connectivity index (χ1n) is 11.1. The van der Waals surface area contributed by atoms with Crippen LogP contribution in [0.3, 0.4) is 0 Å². The van der Waals surface area contributed by atoms with E-state index < -0.39 is 5.91 Å². The molecule has 1 amide bonds. The molecule has 2 N–H and O–H groups in total. The molecule has 0 unspecified atom stereocenters. The van der Waals surface area contributed by atoms with E-state index in [9.17, 15) is 9.90 Å². The second-order valence-electron chi connectivity index (χ2n) is 8.59. The van der Waals surface area contributed by atoms with Gasteiger partial charge in [0.25, 0.3) is 5.91 Å². The third-order valence-electron chi connectivity index (χ3n) is 6.39. The standard InChI is InChI=1S/C25H22ClN3O4/c26-19-12-20-18(11-17(19)14-3-5-16(6-4-14)29-7-9-32-10-8-29)23(25(31)27-20)24(30)21-13-22(33-28-21)15-1-2-15/h3-6,11-13,15,30H,1-2,7-10H2,(H,27,31)/b24-23-. The Balaban J connectivity index is 1.36. The van der Waals surface area contributed by atoms with Crippen molar-refractivity contribution in [2.75, 3.05) is 36.5 Å². The van der Waals surface area contributed by atoms with Crippen molar-refractivity contribution in [2.45, 2.75) is 18.8 Å². The molecule has 1 saturated heterocycles. The maximum Gasteiger partial charge on any atom is 0.260 e. The molecular weight excluding hydrogens is 442 g/mol. The maximum absolute atomic E-state index is 12.7. The molecule has 1 saturated carbocycles. The molecule has 7 nitrogen and oxygen atoms in total. The Morgan fingerprint density at radius 1 is 1.09 bits per heavy atom. The monoisotopic (exact) mass is 463 g/mol. The van der Waals surface area contributed by atoms with E-state index in [1.807, 2.05) is 18.2 Å². The predicted octanol–water partition coefficient (Wildman–Crippen LogP) is 5.09. The van der Waals surface area contributed by atoms with Gasteiger partial charge in [0.2, 0.25) is 0 Å². The lowest BCUT2D eigenvalue weighted by Crippen LogP contribution is -2.36. The first-order chi connectivity index (χ1) is 16.1. The molecule has 0 spiro atoms. The third kappa shape index (κ3) is 3.67. The minimum Gasteiger partial charge on any atom is -0.505 e. The van der Waals surface area contributed by atoms with Gasteiger partial charge < -0.3 is 24.6 Å². The molecule has 2 aromatic carbocycles. The molecule has 2 fully saturated rings. The SMILES string of the molecule is O=C1Nc2cc(Cl)c(-c3ccc(N4CCOCC4)cc3)cc2/C1=C(/O)c1cc(C2CC2)on1. The first kappa shape index (κ1) is 20.3. The van der Waals surface area contributed by atoms with Crippen LogP contribution >= 0.6 is 11.6 Å². The van der Waals surface area contributed by atoms with Crippen molar-refractivity contribution in [3.05, 3.63) is 64.5 Å². The lowest BCUT2D eigenvalue weighted by atomic mass is 9.98. The lowest BCUT2D eigenvalue weighted by Gasteiger charge is -2.29. The van der Waals surface area contributed by atoms with Crippen LogP contribution in [-0.4, -0.2) is 42.5 Å². The summed E-state index contributed by atoms with van der Waals surface area (Å²) in [5, 5.41) is 18.2. The Labute approximate surface area is 195 Å². The van der Waals surface area contributed by atoms with Crippen molar-refractivity contribution in [3.8, 4) is 11.1 Å². The number of hydrogen-bond donors (Lipinski definition) is 2. The number of aromatic nitrogens is 1. The molecule has 168 valence electrons. The maximum atomic E-state index is 12.7. The van der Waals surface area contributed by atoms with E-state index in [1.165, 1.54) is 0 Å². The largest absolute Gasteiger partial charge is 0.505 e. The number of aliphatic hydroxyl groups excluding tert-OH is 1. The van der Waals surface area contributed by atoms with E-state index in [4.69, 9.17) is 20.9 Å². The summed E-state index contributed by atoms with van der Waals surface area (Å²) in [6.07, 6.45) is 2.11. The highest BCUT2D eigenvalue weighted by molar-refractivity contribution is 6.38. The lowest BCUT2D eigenvalue weighted by molar-refractivity contribution is -0.110. The van der Waals surface area contributed by atoms with Gasteiger partial charge >= 0.3 is 0 Å². The number of halogens is 1.